The smallest absolute Gasteiger partial charge is 0.242 e. The summed E-state index contributed by atoms with van der Waals surface area (Å²) < 4.78 is 5.12. The number of carbonyl (C=O) groups excluding carboxylic acids is 2. The largest absolute Gasteiger partial charge is 0.497 e. The Labute approximate surface area is 126 Å². The molecule has 5 nitrogen and oxygen atoms in total. The highest BCUT2D eigenvalue weighted by Crippen LogP contribution is 2.16. The van der Waals surface area contributed by atoms with Gasteiger partial charge in [0, 0.05) is 19.5 Å². The number of ether oxygens (including phenoxy) is 1. The molecule has 5 heteroatoms. The minimum atomic E-state index is -0.507. The lowest BCUT2D eigenvalue weighted by molar-refractivity contribution is -0.142. The summed E-state index contributed by atoms with van der Waals surface area (Å²) >= 11 is 0. The maximum absolute atomic E-state index is 12.4. The highest BCUT2D eigenvalue weighted by atomic mass is 16.5. The zero-order valence-corrected chi connectivity index (χ0v) is 13.3. The highest BCUT2D eigenvalue weighted by Gasteiger charge is 2.26. The quantitative estimate of drug-likeness (QED) is 0.870. The van der Waals surface area contributed by atoms with Crippen molar-refractivity contribution in [2.75, 3.05) is 14.2 Å². The standard InChI is InChI=1S/C16H24N2O3/c1-11(2)16(20)18(12(3)15(19)17-4)10-13-6-8-14(21-5)9-7-13/h6-9,11-12H,10H2,1-5H3,(H,17,19). The van der Waals surface area contributed by atoms with E-state index in [1.165, 1.54) is 0 Å². The molecule has 0 aromatic heterocycles. The van der Waals surface area contributed by atoms with Gasteiger partial charge >= 0.3 is 0 Å². The summed E-state index contributed by atoms with van der Waals surface area (Å²) in [6, 6.07) is 6.98. The number of amides is 2. The first-order valence-electron chi connectivity index (χ1n) is 7.05. The fourth-order valence-electron chi connectivity index (χ4n) is 2.02. The second-order valence-electron chi connectivity index (χ2n) is 5.26. The number of rotatable bonds is 6. The van der Waals surface area contributed by atoms with Gasteiger partial charge < -0.3 is 15.0 Å². The summed E-state index contributed by atoms with van der Waals surface area (Å²) in [6.07, 6.45) is 0. The monoisotopic (exact) mass is 292 g/mol. The average Bonchev–Trinajstić information content (AvgIpc) is 2.50. The molecular weight excluding hydrogens is 268 g/mol. The van der Waals surface area contributed by atoms with Crippen LogP contribution >= 0.6 is 0 Å². The predicted molar refractivity (Wildman–Crippen MR) is 81.9 cm³/mol. The van der Waals surface area contributed by atoms with Crippen LogP contribution in [0.4, 0.5) is 0 Å². The van der Waals surface area contributed by atoms with E-state index in [9.17, 15) is 9.59 Å². The van der Waals surface area contributed by atoms with E-state index in [1.54, 1.807) is 26.0 Å². The molecule has 0 heterocycles. The maximum atomic E-state index is 12.4. The molecule has 0 fully saturated rings. The average molecular weight is 292 g/mol. The third-order valence-corrected chi connectivity index (χ3v) is 3.38. The van der Waals surface area contributed by atoms with Gasteiger partial charge in [-0.1, -0.05) is 26.0 Å². The molecule has 1 aromatic carbocycles. The number of likely N-dealkylation sites (N-methyl/N-ethyl adjacent to an activating group) is 1. The van der Waals surface area contributed by atoms with Gasteiger partial charge in [0.25, 0.3) is 0 Å². The summed E-state index contributed by atoms with van der Waals surface area (Å²) in [5, 5.41) is 2.59. The zero-order valence-electron chi connectivity index (χ0n) is 13.3. The van der Waals surface area contributed by atoms with Gasteiger partial charge in [0.15, 0.2) is 0 Å². The summed E-state index contributed by atoms with van der Waals surface area (Å²) in [5.41, 5.74) is 0.959. The van der Waals surface area contributed by atoms with Crippen LogP contribution < -0.4 is 10.1 Å². The van der Waals surface area contributed by atoms with E-state index in [1.807, 2.05) is 38.1 Å². The van der Waals surface area contributed by atoms with Gasteiger partial charge in [-0.15, -0.1) is 0 Å². The fourth-order valence-corrected chi connectivity index (χ4v) is 2.02. The lowest BCUT2D eigenvalue weighted by atomic mass is 10.1. The third kappa shape index (κ3) is 4.48. The Hall–Kier alpha value is -2.04. The van der Waals surface area contributed by atoms with Gasteiger partial charge in [-0.25, -0.2) is 0 Å². The number of methoxy groups -OCH3 is 1. The molecule has 1 rings (SSSR count). The molecule has 1 unspecified atom stereocenters. The lowest BCUT2D eigenvalue weighted by Crippen LogP contribution is -2.48. The minimum absolute atomic E-state index is 0.0399. The summed E-state index contributed by atoms with van der Waals surface area (Å²) in [7, 11) is 3.18. The topological polar surface area (TPSA) is 58.6 Å². The van der Waals surface area contributed by atoms with E-state index in [0.29, 0.717) is 6.54 Å². The highest BCUT2D eigenvalue weighted by molar-refractivity contribution is 5.87. The maximum Gasteiger partial charge on any atom is 0.242 e. The Morgan fingerprint density at radius 2 is 1.76 bits per heavy atom. The van der Waals surface area contributed by atoms with Crippen molar-refractivity contribution in [3.05, 3.63) is 29.8 Å². The van der Waals surface area contributed by atoms with E-state index >= 15 is 0 Å². The first-order chi connectivity index (χ1) is 9.90. The van der Waals surface area contributed by atoms with Crippen molar-refractivity contribution in [2.24, 2.45) is 5.92 Å². The van der Waals surface area contributed by atoms with E-state index in [4.69, 9.17) is 4.74 Å². The number of hydrogen-bond donors (Lipinski definition) is 1. The Bertz CT molecular complexity index is 483. The number of carbonyl (C=O) groups is 2. The summed E-state index contributed by atoms with van der Waals surface area (Å²) in [5.74, 6) is 0.398. The molecule has 0 aliphatic heterocycles. The molecule has 1 N–H and O–H groups in total. The van der Waals surface area contributed by atoms with Crippen LogP contribution in [-0.4, -0.2) is 36.9 Å². The van der Waals surface area contributed by atoms with Gasteiger partial charge in [0.2, 0.25) is 11.8 Å². The van der Waals surface area contributed by atoms with E-state index in [0.717, 1.165) is 11.3 Å². The third-order valence-electron chi connectivity index (χ3n) is 3.38. The van der Waals surface area contributed by atoms with E-state index in [-0.39, 0.29) is 17.7 Å². The minimum Gasteiger partial charge on any atom is -0.497 e. The number of hydrogen-bond acceptors (Lipinski definition) is 3. The van der Waals surface area contributed by atoms with Gasteiger partial charge in [0.05, 0.1) is 7.11 Å². The fraction of sp³-hybridized carbons (Fsp3) is 0.500. The SMILES string of the molecule is CNC(=O)C(C)N(Cc1ccc(OC)cc1)C(=O)C(C)C. The van der Waals surface area contributed by atoms with E-state index in [2.05, 4.69) is 5.32 Å². The Balaban J connectivity index is 2.95. The number of nitrogens with zero attached hydrogens (tertiary/aromatic N) is 1. The van der Waals surface area contributed by atoms with Crippen molar-refractivity contribution < 1.29 is 14.3 Å². The van der Waals surface area contributed by atoms with Crippen molar-refractivity contribution in [1.29, 1.82) is 0 Å². The van der Waals surface area contributed by atoms with Crippen LogP contribution in [0.2, 0.25) is 0 Å². The van der Waals surface area contributed by atoms with Crippen LogP contribution in [0.25, 0.3) is 0 Å². The molecule has 116 valence electrons. The normalized spacial score (nSPS) is 11.9. The molecule has 1 aromatic rings. The van der Waals surface area contributed by atoms with Crippen molar-refractivity contribution in [3.8, 4) is 5.75 Å². The van der Waals surface area contributed by atoms with Crippen LogP contribution in [0.15, 0.2) is 24.3 Å². The number of benzene rings is 1. The molecular formula is C16H24N2O3. The second kappa shape index (κ2) is 7.67. The van der Waals surface area contributed by atoms with E-state index < -0.39 is 6.04 Å². The first-order valence-corrected chi connectivity index (χ1v) is 7.05. The summed E-state index contributed by atoms with van der Waals surface area (Å²) in [6.45, 7) is 5.80. The Kier molecular flexibility index (Phi) is 6.21. The molecule has 0 radical (unpaired) electrons. The van der Waals surface area contributed by atoms with Crippen molar-refractivity contribution >= 4 is 11.8 Å². The van der Waals surface area contributed by atoms with Crippen molar-refractivity contribution in [3.63, 3.8) is 0 Å². The van der Waals surface area contributed by atoms with Crippen LogP contribution in [0.3, 0.4) is 0 Å². The summed E-state index contributed by atoms with van der Waals surface area (Å²) in [4.78, 5) is 25.8. The van der Waals surface area contributed by atoms with Gasteiger partial charge in [-0.05, 0) is 24.6 Å². The van der Waals surface area contributed by atoms with Crippen molar-refractivity contribution in [1.82, 2.24) is 10.2 Å². The molecule has 1 atom stereocenters. The predicted octanol–water partition coefficient (Wildman–Crippen LogP) is 1.81. The Morgan fingerprint density at radius 1 is 1.19 bits per heavy atom. The molecule has 0 aliphatic carbocycles. The van der Waals surface area contributed by atoms with Crippen LogP contribution in [-0.2, 0) is 16.1 Å². The molecule has 2 amide bonds. The lowest BCUT2D eigenvalue weighted by Gasteiger charge is -2.29. The molecule has 0 bridgehead atoms. The zero-order chi connectivity index (χ0) is 16.0. The first kappa shape index (κ1) is 17.0. The number of nitrogens with one attached hydrogen (secondary N) is 1. The van der Waals surface area contributed by atoms with Gasteiger partial charge in [-0.2, -0.15) is 0 Å². The van der Waals surface area contributed by atoms with Crippen LogP contribution in [0.1, 0.15) is 26.3 Å². The molecule has 0 saturated heterocycles. The molecule has 21 heavy (non-hydrogen) atoms. The molecule has 0 spiro atoms. The van der Waals surface area contributed by atoms with Gasteiger partial charge in [0.1, 0.15) is 11.8 Å². The van der Waals surface area contributed by atoms with Crippen LogP contribution in [0.5, 0.6) is 5.75 Å². The Morgan fingerprint density at radius 3 is 2.19 bits per heavy atom. The molecule has 0 saturated carbocycles. The van der Waals surface area contributed by atoms with Gasteiger partial charge in [-0.3, -0.25) is 9.59 Å². The second-order valence-corrected chi connectivity index (χ2v) is 5.26. The molecule has 0 aliphatic rings. The van der Waals surface area contributed by atoms with Crippen LogP contribution in [0, 0.1) is 5.92 Å². The van der Waals surface area contributed by atoms with Crippen molar-refractivity contribution in [2.45, 2.75) is 33.4 Å².